The van der Waals surface area contributed by atoms with Crippen molar-refractivity contribution >= 4 is 103 Å². The van der Waals surface area contributed by atoms with Crippen LogP contribution in [0.25, 0.3) is 11.5 Å². The minimum absolute atomic E-state index is 0.0198. The Morgan fingerprint density at radius 1 is 0.450 bits per heavy atom. The van der Waals surface area contributed by atoms with Gasteiger partial charge in [-0.2, -0.15) is 23.9 Å². The van der Waals surface area contributed by atoms with E-state index in [0.29, 0.717) is 50.9 Å². The zero-order chi connectivity index (χ0) is 61.0. The van der Waals surface area contributed by atoms with E-state index >= 15 is 0 Å². The van der Waals surface area contributed by atoms with Gasteiger partial charge in [0.25, 0.3) is 41.4 Å². The zero-order valence-corrected chi connectivity index (χ0v) is 51.4. The van der Waals surface area contributed by atoms with Gasteiger partial charge in [0, 0.05) is 101 Å². The molecule has 31 heteroatoms. The fourth-order valence-corrected chi connectivity index (χ4v) is 7.20. The van der Waals surface area contributed by atoms with Gasteiger partial charge in [-0.15, -0.1) is 0 Å². The van der Waals surface area contributed by atoms with Crippen LogP contribution in [0.15, 0.2) is 60.9 Å². The van der Waals surface area contributed by atoms with Crippen molar-refractivity contribution in [2.24, 2.45) is 11.8 Å². The van der Waals surface area contributed by atoms with Crippen LogP contribution in [-0.4, -0.2) is 170 Å². The topological polar surface area (TPSA) is 377 Å². The standard InChI is InChI=1S/C11H16N2O3.C10H14N2O4.2C7H8N2O4.2C7H13N.4ClH.2Pt/c1-9-5-6-10(14)13(9)8-4-2-3-7-12-11(15)16;13-8-4-5-9(14)12(8)7-3-1-2-6-11-10(15)16;2*10-5-1-2-6(11)9(5)4-3-8-7(12)13;2*1-6-4-2-3-5-7(6)8;;;;;;/h5-6,12H,1-4,7-8H2,(H,15,16);4-5,11H,1-3,6-7H2,(H,15,16);2*1-2,8H,3-4H2,(H,12,13);2*6-8H,1-5H2;4*1H;;/q;;;;2*-2;;;;;2*+4/p-4/t;;;;2*6-,7-;;;;;;/m....11....../s1. The Labute approximate surface area is 499 Å². The Morgan fingerprint density at radius 2 is 0.700 bits per heavy atom. The number of hydrogen-bond acceptors (Lipinski definition) is 11. The molecule has 4 atom stereocenters. The van der Waals surface area contributed by atoms with Crippen LogP contribution in [0.3, 0.4) is 0 Å². The molecular weight excluding hydrogens is 1500 g/mol. The van der Waals surface area contributed by atoms with Gasteiger partial charge in [-0.3, -0.25) is 48.3 Å². The number of nitrogens with zero attached hydrogens (tertiary/aromatic N) is 4. The van der Waals surface area contributed by atoms with Crippen LogP contribution < -0.4 is 21.3 Å². The van der Waals surface area contributed by atoms with Crippen LogP contribution in [-0.2, 0) is 66.5 Å². The van der Waals surface area contributed by atoms with E-state index in [4.69, 9.17) is 69.6 Å². The summed E-state index contributed by atoms with van der Waals surface area (Å²) < 4.78 is 0. The SMILES string of the molecule is C=C1C=CC(=O)N1CCCCCNC(=O)O.O=C(O)NCCCCCN1C(=O)C=CC1=O.O=C(O)NCCN1C(=O)C=CC1=O.O=C(O)NCCN1C(=O)C=CC1=O.[CH2-][C@@H]1CCCC[C@H]1[NH-].[CH2-][C@@H]1CCCC[C@H]1[NH-].[Cl][Pt+2][Cl].[Cl][Pt+2][Cl]. The molecule has 11 amide bonds. The minimum atomic E-state index is -1.17. The van der Waals surface area contributed by atoms with Gasteiger partial charge < -0.3 is 71.9 Å². The second kappa shape index (κ2) is 47.7. The van der Waals surface area contributed by atoms with Crippen molar-refractivity contribution in [2.45, 2.75) is 102 Å². The first-order chi connectivity index (χ1) is 37.9. The normalized spacial score (nSPS) is 19.3. The molecule has 0 aromatic heterocycles. The van der Waals surface area contributed by atoms with Gasteiger partial charge in [0.05, 0.1) is 0 Å². The third-order valence-electron chi connectivity index (χ3n) is 11.4. The molecule has 6 rings (SSSR count). The van der Waals surface area contributed by atoms with Crippen LogP contribution in [0.1, 0.15) is 89.9 Å². The number of hydrogen-bond donors (Lipinski definition) is 8. The van der Waals surface area contributed by atoms with Gasteiger partial charge >= 0.3 is 95.0 Å². The quantitative estimate of drug-likeness (QED) is 0.0371. The van der Waals surface area contributed by atoms with Crippen LogP contribution >= 0.6 is 37.7 Å². The molecule has 2 fully saturated rings. The first-order valence-corrected chi connectivity index (χ1v) is 36.0. The van der Waals surface area contributed by atoms with Gasteiger partial charge in [0.15, 0.2) is 0 Å². The molecule has 25 nitrogen and oxygen atoms in total. The molecule has 0 radical (unpaired) electrons. The summed E-state index contributed by atoms with van der Waals surface area (Å²) >= 11 is -0.944. The number of carbonyl (C=O) groups is 11. The Kier molecular flexibility index (Phi) is 46.1. The van der Waals surface area contributed by atoms with Crippen LogP contribution in [0.5, 0.6) is 0 Å². The van der Waals surface area contributed by atoms with Gasteiger partial charge in [-0.25, -0.2) is 19.2 Å². The Morgan fingerprint density at radius 3 is 0.950 bits per heavy atom. The third-order valence-corrected chi connectivity index (χ3v) is 11.4. The second-order valence-electron chi connectivity index (χ2n) is 17.2. The molecule has 0 bridgehead atoms. The summed E-state index contributed by atoms with van der Waals surface area (Å²) in [4.78, 5) is 122. The van der Waals surface area contributed by atoms with Crippen molar-refractivity contribution in [3.63, 3.8) is 0 Å². The van der Waals surface area contributed by atoms with Gasteiger partial charge in [0.2, 0.25) is 0 Å². The average Bonchev–Trinajstić information content (AvgIpc) is 4.11. The summed E-state index contributed by atoms with van der Waals surface area (Å²) in [5.41, 5.74) is 15.6. The Bertz CT molecular complexity index is 1890. The molecule has 4 heterocycles. The molecule has 2 aliphatic carbocycles. The van der Waals surface area contributed by atoms with Crippen molar-refractivity contribution < 1.29 is 106 Å². The molecule has 0 saturated heterocycles. The summed E-state index contributed by atoms with van der Waals surface area (Å²) in [6, 6.07) is 0.285. The van der Waals surface area contributed by atoms with E-state index in [1.807, 2.05) is 0 Å². The van der Waals surface area contributed by atoms with E-state index < -0.39 is 81.0 Å². The predicted molar refractivity (Wildman–Crippen MR) is 294 cm³/mol. The first kappa shape index (κ1) is 77.2. The average molecular weight is 1570 g/mol. The van der Waals surface area contributed by atoms with Crippen molar-refractivity contribution in [2.75, 3.05) is 52.4 Å². The number of halogens is 4. The fourth-order valence-electron chi connectivity index (χ4n) is 7.20. The second-order valence-corrected chi connectivity index (χ2v) is 23.8. The van der Waals surface area contributed by atoms with Crippen molar-refractivity contribution in [1.82, 2.24) is 40.9 Å². The maximum atomic E-state index is 11.3. The molecule has 6 aliphatic rings. The number of carboxylic acid groups (broad SMARTS) is 4. The Balaban J connectivity index is 0. The zero-order valence-electron chi connectivity index (χ0n) is 43.8. The number of carbonyl (C=O) groups excluding carboxylic acids is 7. The van der Waals surface area contributed by atoms with Crippen LogP contribution in [0, 0.1) is 25.7 Å². The number of imide groups is 3. The summed E-state index contributed by atoms with van der Waals surface area (Å²) in [7, 11) is 19.5. The first-order valence-electron chi connectivity index (χ1n) is 24.8. The van der Waals surface area contributed by atoms with Crippen LogP contribution in [0.2, 0.25) is 0 Å². The van der Waals surface area contributed by atoms with Gasteiger partial charge in [-0.05, 0) is 44.6 Å². The molecule has 4 aliphatic heterocycles. The summed E-state index contributed by atoms with van der Waals surface area (Å²) in [6.07, 6.45) is 20.3. The van der Waals surface area contributed by atoms with Gasteiger partial charge in [0.1, 0.15) is 0 Å². The summed E-state index contributed by atoms with van der Waals surface area (Å²) in [6.45, 7) is 13.7. The Hall–Kier alpha value is -4.87. The molecule has 80 heavy (non-hydrogen) atoms. The number of amides is 11. The number of unbranched alkanes of at least 4 members (excludes halogenated alkanes) is 4. The summed E-state index contributed by atoms with van der Waals surface area (Å²) in [5.74, 6) is -1.34. The van der Waals surface area contributed by atoms with Crippen molar-refractivity contribution in [3.8, 4) is 0 Å². The molecule has 10 N–H and O–H groups in total. The van der Waals surface area contributed by atoms with E-state index in [-0.39, 0.29) is 56.0 Å². The molecular formula is C49H72Cl4N10O15Pt2. The van der Waals surface area contributed by atoms with E-state index in [9.17, 15) is 52.7 Å². The van der Waals surface area contributed by atoms with E-state index in [0.717, 1.165) is 78.3 Å². The number of nitrogens with one attached hydrogen (secondary N) is 6. The fraction of sp³-hybridized carbons (Fsp3) is 0.531. The number of rotatable bonds is 18. The summed E-state index contributed by atoms with van der Waals surface area (Å²) in [5, 5.41) is 41.7. The molecule has 2 saturated carbocycles. The molecule has 0 aromatic rings. The number of allylic oxidation sites excluding steroid dienone is 1. The van der Waals surface area contributed by atoms with E-state index in [1.165, 1.54) is 61.7 Å². The van der Waals surface area contributed by atoms with E-state index in [1.54, 1.807) is 11.0 Å². The third kappa shape index (κ3) is 38.7. The van der Waals surface area contributed by atoms with E-state index in [2.05, 4.69) is 41.7 Å². The molecule has 0 aromatic carbocycles. The van der Waals surface area contributed by atoms with Crippen molar-refractivity contribution in [1.29, 1.82) is 0 Å². The van der Waals surface area contributed by atoms with Gasteiger partial charge in [-0.1, -0.05) is 57.9 Å². The van der Waals surface area contributed by atoms with Crippen LogP contribution in [0.4, 0.5) is 19.2 Å². The predicted octanol–water partition coefficient (Wildman–Crippen LogP) is 7.66. The maximum absolute atomic E-state index is 11.3. The molecule has 0 unspecified atom stereocenters. The molecule has 0 spiro atoms. The monoisotopic (exact) mass is 1570 g/mol. The van der Waals surface area contributed by atoms with Crippen molar-refractivity contribution in [3.05, 3.63) is 86.2 Å². The molecule has 456 valence electrons.